The lowest BCUT2D eigenvalue weighted by Crippen LogP contribution is -2.31. The third-order valence-corrected chi connectivity index (χ3v) is 6.19. The van der Waals surface area contributed by atoms with Crippen molar-refractivity contribution in [3.8, 4) is 28.6 Å². The summed E-state index contributed by atoms with van der Waals surface area (Å²) in [6, 6.07) is 21.9. The van der Waals surface area contributed by atoms with Crippen LogP contribution in [0.5, 0.6) is 17.2 Å². The van der Waals surface area contributed by atoms with Crippen LogP contribution in [-0.2, 0) is 4.79 Å². The van der Waals surface area contributed by atoms with E-state index in [4.69, 9.17) is 24.3 Å². The molecule has 37 heavy (non-hydrogen) atoms. The van der Waals surface area contributed by atoms with E-state index in [2.05, 4.69) is 10.6 Å². The number of amides is 1. The molecule has 1 aromatic heterocycles. The second-order valence-electron chi connectivity index (χ2n) is 8.41. The molecule has 188 valence electrons. The summed E-state index contributed by atoms with van der Waals surface area (Å²) in [5, 5.41) is 11.1. The fourth-order valence-corrected chi connectivity index (χ4v) is 4.43. The molecular formula is C28H27N5O4. The molecule has 4 aromatic rings. The number of anilines is 2. The molecule has 1 amide bonds. The van der Waals surface area contributed by atoms with Crippen molar-refractivity contribution < 1.29 is 19.0 Å². The maximum absolute atomic E-state index is 13.8. The highest BCUT2D eigenvalue weighted by atomic mass is 16.5. The zero-order valence-corrected chi connectivity index (χ0v) is 21.0. The van der Waals surface area contributed by atoms with E-state index in [9.17, 15) is 4.79 Å². The van der Waals surface area contributed by atoms with Crippen LogP contribution in [0.4, 0.5) is 11.6 Å². The van der Waals surface area contributed by atoms with Crippen LogP contribution in [0.1, 0.15) is 18.5 Å². The van der Waals surface area contributed by atoms with Crippen LogP contribution in [-0.4, -0.2) is 42.0 Å². The molecule has 0 saturated heterocycles. The summed E-state index contributed by atoms with van der Waals surface area (Å²) in [5.74, 6) is 2.30. The number of ether oxygens (including phenoxy) is 3. The normalized spacial score (nSPS) is 14.4. The number of para-hydroxylation sites is 1. The maximum Gasteiger partial charge on any atom is 0.255 e. The SMILES string of the molecule is COc1cc(OC)c(C2C(C(=O)Nc3ccccc3)=C(C)Nc3nc(-c4ccccc4)nn32)cc1OC. The van der Waals surface area contributed by atoms with Crippen molar-refractivity contribution in [1.29, 1.82) is 0 Å². The molecule has 1 aliphatic heterocycles. The van der Waals surface area contributed by atoms with Gasteiger partial charge in [0.15, 0.2) is 17.3 Å². The number of methoxy groups -OCH3 is 3. The summed E-state index contributed by atoms with van der Waals surface area (Å²) in [6.07, 6.45) is 0. The van der Waals surface area contributed by atoms with Crippen molar-refractivity contribution >= 4 is 17.5 Å². The zero-order chi connectivity index (χ0) is 25.9. The topological polar surface area (TPSA) is 99.5 Å². The quantitative estimate of drug-likeness (QED) is 0.375. The van der Waals surface area contributed by atoms with E-state index in [1.807, 2.05) is 73.7 Å². The lowest BCUT2D eigenvalue weighted by molar-refractivity contribution is -0.113. The molecule has 1 unspecified atom stereocenters. The first-order chi connectivity index (χ1) is 18.0. The van der Waals surface area contributed by atoms with Gasteiger partial charge in [0.2, 0.25) is 5.95 Å². The van der Waals surface area contributed by atoms with Crippen LogP contribution in [0.25, 0.3) is 11.4 Å². The molecule has 0 radical (unpaired) electrons. The van der Waals surface area contributed by atoms with E-state index in [0.29, 0.717) is 51.5 Å². The standard InChI is InChI=1S/C28H27N5O4/c1-17-24(27(34)30-19-13-9-6-10-14-19)25(20-15-22(36-3)23(37-4)16-21(20)35-2)33-28(29-17)31-26(32-33)18-11-7-5-8-12-18/h5-16,25H,1-4H3,(H,30,34)(H,29,31,32). The van der Waals surface area contributed by atoms with Crippen LogP contribution in [0, 0.1) is 0 Å². The van der Waals surface area contributed by atoms with Crippen LogP contribution in [0.2, 0.25) is 0 Å². The Morgan fingerprint density at radius 3 is 2.16 bits per heavy atom. The second kappa shape index (κ2) is 10.1. The van der Waals surface area contributed by atoms with Gasteiger partial charge in [-0.05, 0) is 25.1 Å². The number of hydrogen-bond acceptors (Lipinski definition) is 7. The highest BCUT2D eigenvalue weighted by Gasteiger charge is 2.37. The number of aromatic nitrogens is 3. The lowest BCUT2D eigenvalue weighted by Gasteiger charge is -2.30. The summed E-state index contributed by atoms with van der Waals surface area (Å²) in [4.78, 5) is 18.5. The van der Waals surface area contributed by atoms with E-state index >= 15 is 0 Å². The molecule has 9 nitrogen and oxygen atoms in total. The summed E-state index contributed by atoms with van der Waals surface area (Å²) in [7, 11) is 4.70. The number of nitrogens with zero attached hydrogens (tertiary/aromatic N) is 3. The predicted molar refractivity (Wildman–Crippen MR) is 141 cm³/mol. The number of rotatable bonds is 7. The van der Waals surface area contributed by atoms with Crippen molar-refractivity contribution in [1.82, 2.24) is 14.8 Å². The monoisotopic (exact) mass is 497 g/mol. The van der Waals surface area contributed by atoms with E-state index in [1.54, 1.807) is 32.1 Å². The Morgan fingerprint density at radius 1 is 0.892 bits per heavy atom. The zero-order valence-electron chi connectivity index (χ0n) is 21.0. The number of allylic oxidation sites excluding steroid dienone is 1. The number of fused-ring (bicyclic) bond motifs is 1. The van der Waals surface area contributed by atoms with Crippen molar-refractivity contribution in [3.05, 3.63) is 89.6 Å². The molecule has 3 aromatic carbocycles. The summed E-state index contributed by atoms with van der Waals surface area (Å²) >= 11 is 0. The van der Waals surface area contributed by atoms with Crippen molar-refractivity contribution in [2.75, 3.05) is 32.0 Å². The van der Waals surface area contributed by atoms with Crippen LogP contribution < -0.4 is 24.8 Å². The average Bonchev–Trinajstić information content (AvgIpc) is 3.36. The number of benzene rings is 3. The van der Waals surface area contributed by atoms with Gasteiger partial charge in [0.1, 0.15) is 11.8 Å². The molecule has 1 aliphatic rings. The van der Waals surface area contributed by atoms with Gasteiger partial charge in [-0.15, -0.1) is 5.10 Å². The smallest absolute Gasteiger partial charge is 0.255 e. The van der Waals surface area contributed by atoms with Gasteiger partial charge in [0, 0.05) is 28.6 Å². The Kier molecular flexibility index (Phi) is 6.51. The Morgan fingerprint density at radius 2 is 1.51 bits per heavy atom. The minimum Gasteiger partial charge on any atom is -0.496 e. The Labute approximate surface area is 214 Å². The van der Waals surface area contributed by atoms with Gasteiger partial charge in [-0.3, -0.25) is 4.79 Å². The highest BCUT2D eigenvalue weighted by molar-refractivity contribution is 6.06. The molecule has 0 spiro atoms. The molecule has 0 aliphatic carbocycles. The Bertz CT molecular complexity index is 1460. The molecule has 0 bridgehead atoms. The molecule has 5 rings (SSSR count). The van der Waals surface area contributed by atoms with Gasteiger partial charge in [0.05, 0.1) is 26.9 Å². The average molecular weight is 498 g/mol. The van der Waals surface area contributed by atoms with Crippen LogP contribution in [0.15, 0.2) is 84.1 Å². The van der Waals surface area contributed by atoms with E-state index in [-0.39, 0.29) is 5.91 Å². The van der Waals surface area contributed by atoms with Crippen LogP contribution in [0.3, 0.4) is 0 Å². The number of hydrogen-bond donors (Lipinski definition) is 2. The first-order valence-electron chi connectivity index (χ1n) is 11.7. The minimum atomic E-state index is -0.667. The first-order valence-corrected chi connectivity index (χ1v) is 11.7. The third kappa shape index (κ3) is 4.47. The number of carbonyl (C=O) groups is 1. The second-order valence-corrected chi connectivity index (χ2v) is 8.41. The van der Waals surface area contributed by atoms with Crippen molar-refractivity contribution in [2.24, 2.45) is 0 Å². The van der Waals surface area contributed by atoms with E-state index in [1.165, 1.54) is 0 Å². The maximum atomic E-state index is 13.8. The predicted octanol–water partition coefficient (Wildman–Crippen LogP) is 4.90. The Hall–Kier alpha value is -4.79. The highest BCUT2D eigenvalue weighted by Crippen LogP contribution is 2.44. The van der Waals surface area contributed by atoms with Crippen molar-refractivity contribution in [3.63, 3.8) is 0 Å². The molecule has 0 fully saturated rings. The van der Waals surface area contributed by atoms with Gasteiger partial charge in [0.25, 0.3) is 5.91 Å². The molecular weight excluding hydrogens is 470 g/mol. The minimum absolute atomic E-state index is 0.277. The number of nitrogens with one attached hydrogen (secondary N) is 2. The van der Waals surface area contributed by atoms with Crippen LogP contribution >= 0.6 is 0 Å². The fraction of sp³-hybridized carbons (Fsp3) is 0.179. The molecule has 0 saturated carbocycles. The largest absolute Gasteiger partial charge is 0.496 e. The summed E-state index contributed by atoms with van der Waals surface area (Å²) in [5.41, 5.74) is 3.32. The molecule has 1 atom stereocenters. The summed E-state index contributed by atoms with van der Waals surface area (Å²) < 4.78 is 18.5. The molecule has 9 heteroatoms. The third-order valence-electron chi connectivity index (χ3n) is 6.19. The lowest BCUT2D eigenvalue weighted by atomic mass is 9.93. The molecule has 2 heterocycles. The first kappa shape index (κ1) is 23.9. The molecule has 2 N–H and O–H groups in total. The summed E-state index contributed by atoms with van der Waals surface area (Å²) in [6.45, 7) is 1.85. The van der Waals surface area contributed by atoms with Crippen molar-refractivity contribution in [2.45, 2.75) is 13.0 Å². The Balaban J connectivity index is 1.69. The van der Waals surface area contributed by atoms with E-state index < -0.39 is 6.04 Å². The van der Waals surface area contributed by atoms with Gasteiger partial charge in [-0.25, -0.2) is 4.68 Å². The van der Waals surface area contributed by atoms with Gasteiger partial charge in [-0.2, -0.15) is 4.98 Å². The van der Waals surface area contributed by atoms with Gasteiger partial charge >= 0.3 is 0 Å². The number of carbonyl (C=O) groups excluding carboxylic acids is 1. The van der Waals surface area contributed by atoms with Gasteiger partial charge < -0.3 is 24.8 Å². The fourth-order valence-electron chi connectivity index (χ4n) is 4.43. The van der Waals surface area contributed by atoms with E-state index in [0.717, 1.165) is 5.56 Å². The van der Waals surface area contributed by atoms with Gasteiger partial charge in [-0.1, -0.05) is 48.5 Å².